The van der Waals surface area contributed by atoms with Crippen molar-refractivity contribution in [2.75, 3.05) is 0 Å². The first-order valence-corrected chi connectivity index (χ1v) is 6.78. The minimum Gasteiger partial charge on any atom is -0.323 e. The molecule has 0 radical (unpaired) electrons. The Morgan fingerprint density at radius 3 is 2.53 bits per heavy atom. The number of fused-ring (bicyclic) bond motifs is 1. The van der Waals surface area contributed by atoms with Gasteiger partial charge in [0.2, 0.25) is 0 Å². The number of halogens is 3. The predicted octanol–water partition coefficient (Wildman–Crippen LogP) is 3.56. The average molecular weight is 284 g/mol. The second kappa shape index (κ2) is 4.61. The number of hydrogen-bond acceptors (Lipinski definition) is 3. The van der Waals surface area contributed by atoms with Crippen molar-refractivity contribution in [3.05, 3.63) is 40.2 Å². The summed E-state index contributed by atoms with van der Waals surface area (Å²) in [5.74, 6) is -3.86. The van der Waals surface area contributed by atoms with Gasteiger partial charge in [-0.25, -0.2) is 18.2 Å². The zero-order valence-electron chi connectivity index (χ0n) is 9.92. The smallest absolute Gasteiger partial charge is 0.194 e. The fraction of sp³-hybridized carbons (Fsp3) is 0.308. The maximum absolute atomic E-state index is 13.2. The number of nitrogens with two attached hydrogens (primary N) is 1. The Morgan fingerprint density at radius 2 is 1.89 bits per heavy atom. The van der Waals surface area contributed by atoms with Crippen LogP contribution in [-0.4, -0.2) is 4.98 Å². The highest BCUT2D eigenvalue weighted by atomic mass is 32.1. The Kier molecular flexibility index (Phi) is 3.06. The number of benzene rings is 1. The molecule has 1 aromatic heterocycles. The molecule has 1 unspecified atom stereocenters. The third-order valence-corrected chi connectivity index (χ3v) is 4.50. The van der Waals surface area contributed by atoms with E-state index in [0.29, 0.717) is 5.01 Å². The fourth-order valence-electron chi connectivity index (χ4n) is 2.26. The van der Waals surface area contributed by atoms with Gasteiger partial charge in [-0.05, 0) is 31.4 Å². The molecule has 19 heavy (non-hydrogen) atoms. The molecule has 2 aromatic rings. The summed E-state index contributed by atoms with van der Waals surface area (Å²) in [5.41, 5.74) is 7.13. The van der Waals surface area contributed by atoms with Crippen molar-refractivity contribution in [1.82, 2.24) is 4.98 Å². The van der Waals surface area contributed by atoms with Gasteiger partial charge in [0, 0.05) is 16.5 Å². The molecule has 0 spiro atoms. The number of rotatable bonds is 1. The van der Waals surface area contributed by atoms with E-state index in [9.17, 15) is 13.2 Å². The number of nitrogens with zero attached hydrogens (tertiary/aromatic N) is 1. The van der Waals surface area contributed by atoms with Crippen molar-refractivity contribution in [3.63, 3.8) is 0 Å². The van der Waals surface area contributed by atoms with Gasteiger partial charge in [-0.1, -0.05) is 0 Å². The number of aryl methyl sites for hydroxylation is 1. The van der Waals surface area contributed by atoms with E-state index >= 15 is 0 Å². The molecule has 0 bridgehead atoms. The third-order valence-electron chi connectivity index (χ3n) is 3.22. The van der Waals surface area contributed by atoms with Crippen molar-refractivity contribution in [3.8, 4) is 10.6 Å². The highest BCUT2D eigenvalue weighted by molar-refractivity contribution is 7.15. The van der Waals surface area contributed by atoms with E-state index in [0.717, 1.165) is 42.0 Å². The molecule has 1 aliphatic carbocycles. The first-order chi connectivity index (χ1) is 9.06. The van der Waals surface area contributed by atoms with Crippen LogP contribution in [0.5, 0.6) is 0 Å². The monoisotopic (exact) mass is 284 g/mol. The van der Waals surface area contributed by atoms with Gasteiger partial charge in [0.15, 0.2) is 17.5 Å². The van der Waals surface area contributed by atoms with Crippen LogP contribution >= 0.6 is 11.3 Å². The zero-order chi connectivity index (χ0) is 13.6. The van der Waals surface area contributed by atoms with Gasteiger partial charge in [-0.15, -0.1) is 11.3 Å². The highest BCUT2D eigenvalue weighted by Gasteiger charge is 2.23. The molecular formula is C13H11F3N2S. The normalized spacial score (nSPS) is 18.4. The highest BCUT2D eigenvalue weighted by Crippen LogP contribution is 2.37. The molecule has 3 rings (SSSR count). The SMILES string of the molecule is NC1CCCc2nc(-c3cc(F)c(F)c(F)c3)sc21. The van der Waals surface area contributed by atoms with Crippen molar-refractivity contribution in [2.24, 2.45) is 5.73 Å². The molecule has 1 aliphatic rings. The minimum absolute atomic E-state index is 0.0647. The van der Waals surface area contributed by atoms with Crippen LogP contribution < -0.4 is 5.73 Å². The Hall–Kier alpha value is -1.40. The molecule has 2 nitrogen and oxygen atoms in total. The van der Waals surface area contributed by atoms with E-state index in [4.69, 9.17) is 5.73 Å². The van der Waals surface area contributed by atoms with Crippen molar-refractivity contribution in [1.29, 1.82) is 0 Å². The van der Waals surface area contributed by atoms with E-state index in [-0.39, 0.29) is 11.6 Å². The maximum Gasteiger partial charge on any atom is 0.194 e. The van der Waals surface area contributed by atoms with Crippen LogP contribution in [0, 0.1) is 17.5 Å². The maximum atomic E-state index is 13.2. The lowest BCUT2D eigenvalue weighted by molar-refractivity contribution is 0.447. The second-order valence-electron chi connectivity index (χ2n) is 4.58. The molecule has 6 heteroatoms. The Balaban J connectivity index is 2.08. The summed E-state index contributed by atoms with van der Waals surface area (Å²) in [5, 5.41) is 0.486. The summed E-state index contributed by atoms with van der Waals surface area (Å²) in [6.07, 6.45) is 2.68. The third kappa shape index (κ3) is 2.15. The second-order valence-corrected chi connectivity index (χ2v) is 5.61. The van der Waals surface area contributed by atoms with E-state index in [2.05, 4.69) is 4.98 Å². The van der Waals surface area contributed by atoms with E-state index in [1.807, 2.05) is 0 Å². The predicted molar refractivity (Wildman–Crippen MR) is 67.3 cm³/mol. The van der Waals surface area contributed by atoms with Crippen LogP contribution in [0.25, 0.3) is 10.6 Å². The van der Waals surface area contributed by atoms with Crippen molar-refractivity contribution in [2.45, 2.75) is 25.3 Å². The van der Waals surface area contributed by atoms with Crippen LogP contribution in [0.3, 0.4) is 0 Å². The van der Waals surface area contributed by atoms with Gasteiger partial charge in [-0.3, -0.25) is 0 Å². The van der Waals surface area contributed by atoms with Crippen LogP contribution in [0.1, 0.15) is 29.5 Å². The van der Waals surface area contributed by atoms with Gasteiger partial charge in [0.05, 0.1) is 5.69 Å². The summed E-state index contributed by atoms with van der Waals surface area (Å²) in [6, 6.07) is 1.87. The standard InChI is InChI=1S/C13H11F3N2S/c14-7-4-6(5-8(15)11(7)16)13-18-10-3-1-2-9(17)12(10)19-13/h4-5,9H,1-3,17H2. The zero-order valence-corrected chi connectivity index (χ0v) is 10.7. The molecule has 1 atom stereocenters. The number of hydrogen-bond donors (Lipinski definition) is 1. The van der Waals surface area contributed by atoms with Crippen LogP contribution in [0.15, 0.2) is 12.1 Å². The average Bonchev–Trinajstić information content (AvgIpc) is 2.81. The summed E-state index contributed by atoms with van der Waals surface area (Å²) in [6.45, 7) is 0. The number of aromatic nitrogens is 1. The fourth-order valence-corrected chi connectivity index (χ4v) is 3.39. The first kappa shape index (κ1) is 12.6. The quantitative estimate of drug-likeness (QED) is 0.813. The summed E-state index contributed by atoms with van der Waals surface area (Å²) in [7, 11) is 0. The molecule has 100 valence electrons. The molecule has 0 saturated heterocycles. The lowest BCUT2D eigenvalue weighted by Crippen LogP contribution is -2.15. The summed E-state index contributed by atoms with van der Waals surface area (Å²) >= 11 is 1.33. The summed E-state index contributed by atoms with van der Waals surface area (Å²) in [4.78, 5) is 5.33. The molecule has 1 aromatic carbocycles. The van der Waals surface area contributed by atoms with Gasteiger partial charge in [0.1, 0.15) is 5.01 Å². The molecular weight excluding hydrogens is 273 g/mol. The van der Waals surface area contributed by atoms with Crippen molar-refractivity contribution >= 4 is 11.3 Å². The van der Waals surface area contributed by atoms with E-state index in [1.165, 1.54) is 11.3 Å². The Morgan fingerprint density at radius 1 is 1.21 bits per heavy atom. The van der Waals surface area contributed by atoms with Gasteiger partial charge in [-0.2, -0.15) is 0 Å². The lowest BCUT2D eigenvalue weighted by Gasteiger charge is -2.15. The Labute approximate surface area is 112 Å². The van der Waals surface area contributed by atoms with E-state index in [1.54, 1.807) is 0 Å². The molecule has 2 N–H and O–H groups in total. The largest absolute Gasteiger partial charge is 0.323 e. The van der Waals surface area contributed by atoms with E-state index < -0.39 is 17.5 Å². The molecule has 1 heterocycles. The number of thiazole rings is 1. The van der Waals surface area contributed by atoms with Gasteiger partial charge < -0.3 is 5.73 Å². The minimum atomic E-state index is -1.46. The van der Waals surface area contributed by atoms with Crippen molar-refractivity contribution < 1.29 is 13.2 Å². The van der Waals surface area contributed by atoms with Gasteiger partial charge in [0.25, 0.3) is 0 Å². The van der Waals surface area contributed by atoms with Crippen LogP contribution in [-0.2, 0) is 6.42 Å². The van der Waals surface area contributed by atoms with Gasteiger partial charge >= 0.3 is 0 Å². The molecule has 0 saturated carbocycles. The molecule has 0 amide bonds. The van der Waals surface area contributed by atoms with Crippen LogP contribution in [0.2, 0.25) is 0 Å². The Bertz CT molecular complexity index is 616. The lowest BCUT2D eigenvalue weighted by atomic mass is 9.99. The first-order valence-electron chi connectivity index (χ1n) is 5.96. The molecule has 0 aliphatic heterocycles. The molecule has 0 fully saturated rings. The topological polar surface area (TPSA) is 38.9 Å². The summed E-state index contributed by atoms with van der Waals surface area (Å²) < 4.78 is 39.4. The van der Waals surface area contributed by atoms with Crippen LogP contribution in [0.4, 0.5) is 13.2 Å².